The zero-order valence-electron chi connectivity index (χ0n) is 11.3. The Morgan fingerprint density at radius 3 is 2.68 bits per heavy atom. The van der Waals surface area contributed by atoms with Crippen LogP contribution >= 0.6 is 0 Å². The average Bonchev–Trinajstić information content (AvgIpc) is 2.37. The fourth-order valence-electron chi connectivity index (χ4n) is 1.66. The van der Waals surface area contributed by atoms with E-state index in [1.807, 2.05) is 0 Å². The smallest absolute Gasteiger partial charge is 0.240 e. The summed E-state index contributed by atoms with van der Waals surface area (Å²) in [6.45, 7) is 3.73. The molecule has 19 heavy (non-hydrogen) atoms. The minimum Gasteiger partial charge on any atom is -0.383 e. The summed E-state index contributed by atoms with van der Waals surface area (Å²) in [5, 5.41) is 0. The molecule has 1 aromatic carbocycles. The van der Waals surface area contributed by atoms with E-state index in [2.05, 4.69) is 4.72 Å². The molecule has 1 rings (SSSR count). The van der Waals surface area contributed by atoms with Crippen LogP contribution in [0.4, 0.5) is 0 Å². The van der Waals surface area contributed by atoms with E-state index >= 15 is 0 Å². The summed E-state index contributed by atoms with van der Waals surface area (Å²) in [5.74, 6) is -0.0815. The van der Waals surface area contributed by atoms with Crippen LogP contribution in [0.1, 0.15) is 30.6 Å². The zero-order chi connectivity index (χ0) is 14.5. The SMILES string of the molecule is CCC(=O)c1cccc(S(=O)(=O)NC(C)COC)c1. The third kappa shape index (κ3) is 4.41. The number of hydrogen-bond donors (Lipinski definition) is 1. The molecule has 1 N–H and O–H groups in total. The maximum atomic E-state index is 12.1. The number of nitrogens with one attached hydrogen (secondary N) is 1. The molecule has 6 heteroatoms. The second-order valence-electron chi connectivity index (χ2n) is 4.28. The first kappa shape index (κ1) is 15.8. The number of carbonyl (C=O) groups is 1. The number of methoxy groups -OCH3 is 1. The summed E-state index contributed by atoms with van der Waals surface area (Å²) < 4.78 is 31.6. The Bertz CT molecular complexity index is 539. The molecule has 0 saturated carbocycles. The topological polar surface area (TPSA) is 72.5 Å². The lowest BCUT2D eigenvalue weighted by atomic mass is 10.1. The van der Waals surface area contributed by atoms with Gasteiger partial charge in [0, 0.05) is 25.1 Å². The molecule has 1 unspecified atom stereocenters. The number of Topliss-reactive ketones (excluding diaryl/α,β-unsaturated/α-hetero) is 1. The van der Waals surface area contributed by atoms with Gasteiger partial charge in [-0.05, 0) is 19.1 Å². The van der Waals surface area contributed by atoms with Crippen molar-refractivity contribution in [2.24, 2.45) is 0 Å². The van der Waals surface area contributed by atoms with E-state index in [0.29, 0.717) is 12.0 Å². The Morgan fingerprint density at radius 1 is 1.42 bits per heavy atom. The van der Waals surface area contributed by atoms with Gasteiger partial charge in [-0.2, -0.15) is 0 Å². The molecule has 0 aliphatic rings. The highest BCUT2D eigenvalue weighted by molar-refractivity contribution is 7.89. The van der Waals surface area contributed by atoms with Crippen LogP contribution in [0.25, 0.3) is 0 Å². The van der Waals surface area contributed by atoms with Gasteiger partial charge in [-0.15, -0.1) is 0 Å². The molecule has 0 aromatic heterocycles. The van der Waals surface area contributed by atoms with Gasteiger partial charge in [0.1, 0.15) is 0 Å². The molecule has 0 bridgehead atoms. The van der Waals surface area contributed by atoms with E-state index in [0.717, 1.165) is 0 Å². The predicted molar refractivity (Wildman–Crippen MR) is 72.7 cm³/mol. The summed E-state index contributed by atoms with van der Waals surface area (Å²) in [6.07, 6.45) is 0.344. The fourth-order valence-corrected chi connectivity index (χ4v) is 2.93. The van der Waals surface area contributed by atoms with Gasteiger partial charge >= 0.3 is 0 Å². The quantitative estimate of drug-likeness (QED) is 0.772. The summed E-state index contributed by atoms with van der Waals surface area (Å²) in [5.41, 5.74) is 0.407. The lowest BCUT2D eigenvalue weighted by Gasteiger charge is -2.13. The van der Waals surface area contributed by atoms with Crippen molar-refractivity contribution >= 4 is 15.8 Å². The average molecular weight is 285 g/mol. The number of ether oxygens (including phenoxy) is 1. The van der Waals surface area contributed by atoms with Crippen molar-refractivity contribution in [1.29, 1.82) is 0 Å². The summed E-state index contributed by atoms with van der Waals surface area (Å²) in [6, 6.07) is 5.71. The first-order chi connectivity index (χ1) is 8.90. The number of hydrogen-bond acceptors (Lipinski definition) is 4. The lowest BCUT2D eigenvalue weighted by Crippen LogP contribution is -2.35. The Labute approximate surface area is 114 Å². The van der Waals surface area contributed by atoms with Gasteiger partial charge in [-0.3, -0.25) is 4.79 Å². The van der Waals surface area contributed by atoms with Crippen molar-refractivity contribution in [3.8, 4) is 0 Å². The highest BCUT2D eigenvalue weighted by Gasteiger charge is 2.18. The molecular weight excluding hydrogens is 266 g/mol. The van der Waals surface area contributed by atoms with Crippen LogP contribution in [0.3, 0.4) is 0 Å². The highest BCUT2D eigenvalue weighted by Crippen LogP contribution is 2.13. The van der Waals surface area contributed by atoms with Gasteiger partial charge in [-0.1, -0.05) is 19.1 Å². The molecule has 1 atom stereocenters. The van der Waals surface area contributed by atoms with E-state index in [1.165, 1.54) is 19.2 Å². The van der Waals surface area contributed by atoms with Crippen molar-refractivity contribution in [3.63, 3.8) is 0 Å². The molecule has 0 spiro atoms. The number of carbonyl (C=O) groups excluding carboxylic acids is 1. The number of ketones is 1. The lowest BCUT2D eigenvalue weighted by molar-refractivity contribution is 0.0988. The van der Waals surface area contributed by atoms with E-state index < -0.39 is 10.0 Å². The molecule has 5 nitrogen and oxygen atoms in total. The second-order valence-corrected chi connectivity index (χ2v) is 6.00. The van der Waals surface area contributed by atoms with Crippen LogP contribution in [0.5, 0.6) is 0 Å². The third-order valence-electron chi connectivity index (χ3n) is 2.56. The minimum absolute atomic E-state index is 0.0815. The van der Waals surface area contributed by atoms with E-state index in [-0.39, 0.29) is 23.3 Å². The first-order valence-electron chi connectivity index (χ1n) is 6.05. The molecule has 1 aromatic rings. The molecule has 0 aliphatic heterocycles. The summed E-state index contributed by atoms with van der Waals surface area (Å²) >= 11 is 0. The van der Waals surface area contributed by atoms with Gasteiger partial charge in [-0.25, -0.2) is 13.1 Å². The van der Waals surface area contributed by atoms with Crippen LogP contribution in [-0.2, 0) is 14.8 Å². The standard InChI is InChI=1S/C13H19NO4S/c1-4-13(15)11-6-5-7-12(8-11)19(16,17)14-10(2)9-18-3/h5-8,10,14H,4,9H2,1-3H3. The fraction of sp³-hybridized carbons (Fsp3) is 0.462. The Morgan fingerprint density at radius 2 is 2.11 bits per heavy atom. The van der Waals surface area contributed by atoms with Crippen LogP contribution in [0.2, 0.25) is 0 Å². The normalized spacial score (nSPS) is 13.2. The highest BCUT2D eigenvalue weighted by atomic mass is 32.2. The van der Waals surface area contributed by atoms with E-state index in [1.54, 1.807) is 26.0 Å². The van der Waals surface area contributed by atoms with Crippen molar-refractivity contribution < 1.29 is 17.9 Å². The van der Waals surface area contributed by atoms with Gasteiger partial charge in [0.05, 0.1) is 11.5 Å². The van der Waals surface area contributed by atoms with Crippen LogP contribution in [0.15, 0.2) is 29.2 Å². The molecule has 0 fully saturated rings. The van der Waals surface area contributed by atoms with E-state index in [4.69, 9.17) is 4.74 Å². The molecule has 0 radical (unpaired) electrons. The van der Waals surface area contributed by atoms with Crippen molar-refractivity contribution in [1.82, 2.24) is 4.72 Å². The first-order valence-corrected chi connectivity index (χ1v) is 7.53. The van der Waals surface area contributed by atoms with Crippen molar-refractivity contribution in [3.05, 3.63) is 29.8 Å². The minimum atomic E-state index is -3.63. The summed E-state index contributed by atoms with van der Waals surface area (Å²) in [7, 11) is -2.12. The Balaban J connectivity index is 2.98. The van der Waals surface area contributed by atoms with Crippen LogP contribution in [0, 0.1) is 0 Å². The van der Waals surface area contributed by atoms with Crippen molar-refractivity contribution in [2.45, 2.75) is 31.2 Å². The van der Waals surface area contributed by atoms with Gasteiger partial charge in [0.25, 0.3) is 0 Å². The predicted octanol–water partition coefficient (Wildman–Crippen LogP) is 1.59. The summed E-state index contributed by atoms with van der Waals surface area (Å²) in [4.78, 5) is 11.7. The van der Waals surface area contributed by atoms with Crippen LogP contribution < -0.4 is 4.72 Å². The monoisotopic (exact) mass is 285 g/mol. The second kappa shape index (κ2) is 6.79. The van der Waals surface area contributed by atoms with Crippen molar-refractivity contribution in [2.75, 3.05) is 13.7 Å². The number of sulfonamides is 1. The molecule has 0 aliphatic carbocycles. The molecule has 106 valence electrons. The molecule has 0 amide bonds. The van der Waals surface area contributed by atoms with Gasteiger partial charge in [0.2, 0.25) is 10.0 Å². The van der Waals surface area contributed by atoms with Gasteiger partial charge in [0.15, 0.2) is 5.78 Å². The third-order valence-corrected chi connectivity index (χ3v) is 4.15. The van der Waals surface area contributed by atoms with E-state index in [9.17, 15) is 13.2 Å². The maximum absolute atomic E-state index is 12.1. The largest absolute Gasteiger partial charge is 0.383 e. The molecule has 0 heterocycles. The van der Waals surface area contributed by atoms with Gasteiger partial charge < -0.3 is 4.74 Å². The van der Waals surface area contributed by atoms with Crippen LogP contribution in [-0.4, -0.2) is 34.0 Å². The number of rotatable bonds is 7. The maximum Gasteiger partial charge on any atom is 0.240 e. The Kier molecular flexibility index (Phi) is 5.65. The Hall–Kier alpha value is -1.24. The molecule has 0 saturated heterocycles. The molecular formula is C13H19NO4S. The number of benzene rings is 1. The zero-order valence-corrected chi connectivity index (χ0v) is 12.2.